The maximum atomic E-state index is 12.3. The van der Waals surface area contributed by atoms with Gasteiger partial charge in [-0.05, 0) is 25.0 Å². The van der Waals surface area contributed by atoms with Gasteiger partial charge < -0.3 is 14.6 Å². The van der Waals surface area contributed by atoms with E-state index in [0.29, 0.717) is 29.2 Å². The van der Waals surface area contributed by atoms with Crippen molar-refractivity contribution < 1.29 is 23.6 Å². The van der Waals surface area contributed by atoms with Gasteiger partial charge in [0.15, 0.2) is 6.10 Å². The highest BCUT2D eigenvalue weighted by molar-refractivity contribution is 7.85. The summed E-state index contributed by atoms with van der Waals surface area (Å²) in [6.45, 7) is 0. The predicted octanol–water partition coefficient (Wildman–Crippen LogP) is 1.44. The first-order valence-corrected chi connectivity index (χ1v) is 7.33. The zero-order valence-electron chi connectivity index (χ0n) is 10.6. The molecule has 0 amide bonds. The molecule has 0 spiro atoms. The Bertz CT molecular complexity index is 488. The Morgan fingerprint density at radius 3 is 2.84 bits per heavy atom. The van der Waals surface area contributed by atoms with Crippen LogP contribution in [0.25, 0.3) is 0 Å². The lowest BCUT2D eigenvalue weighted by Crippen LogP contribution is -2.23. The van der Waals surface area contributed by atoms with Crippen molar-refractivity contribution in [2.45, 2.75) is 29.9 Å². The van der Waals surface area contributed by atoms with Gasteiger partial charge in [-0.3, -0.25) is 4.21 Å². The van der Waals surface area contributed by atoms with E-state index in [-0.39, 0.29) is 6.10 Å². The van der Waals surface area contributed by atoms with Crippen molar-refractivity contribution in [1.82, 2.24) is 0 Å². The first kappa shape index (κ1) is 14.0. The van der Waals surface area contributed by atoms with Crippen LogP contribution in [0, 0.1) is 0 Å². The Hall–Kier alpha value is -1.40. The van der Waals surface area contributed by atoms with Crippen molar-refractivity contribution in [3.63, 3.8) is 0 Å². The maximum Gasteiger partial charge on any atom is 0.332 e. The summed E-state index contributed by atoms with van der Waals surface area (Å²) < 4.78 is 22.8. The van der Waals surface area contributed by atoms with Crippen molar-refractivity contribution >= 4 is 16.8 Å². The highest BCUT2D eigenvalue weighted by Gasteiger charge is 2.31. The third-order valence-electron chi connectivity index (χ3n) is 3.03. The van der Waals surface area contributed by atoms with E-state index in [4.69, 9.17) is 14.6 Å². The molecule has 19 heavy (non-hydrogen) atoms. The molecule has 6 heteroatoms. The van der Waals surface area contributed by atoms with E-state index in [1.165, 1.54) is 7.11 Å². The van der Waals surface area contributed by atoms with Gasteiger partial charge in [0.25, 0.3) is 0 Å². The molecule has 0 radical (unpaired) electrons. The molecule has 2 rings (SSSR count). The molecule has 1 aromatic carbocycles. The van der Waals surface area contributed by atoms with Gasteiger partial charge in [-0.2, -0.15) is 0 Å². The molecule has 5 nitrogen and oxygen atoms in total. The van der Waals surface area contributed by atoms with E-state index in [0.717, 1.165) is 0 Å². The van der Waals surface area contributed by atoms with E-state index in [1.807, 2.05) is 6.07 Å². The van der Waals surface area contributed by atoms with Gasteiger partial charge >= 0.3 is 5.97 Å². The van der Waals surface area contributed by atoms with Crippen LogP contribution in [0.3, 0.4) is 0 Å². The van der Waals surface area contributed by atoms with Gasteiger partial charge in [-0.1, -0.05) is 12.1 Å². The minimum absolute atomic E-state index is 0.271. The van der Waals surface area contributed by atoms with E-state index in [2.05, 4.69) is 0 Å². The molecule has 1 heterocycles. The second-order valence-electron chi connectivity index (χ2n) is 4.33. The van der Waals surface area contributed by atoms with Gasteiger partial charge in [-0.15, -0.1) is 0 Å². The fourth-order valence-electron chi connectivity index (χ4n) is 2.08. The molecule has 0 aromatic heterocycles. The highest BCUT2D eigenvalue weighted by Crippen LogP contribution is 2.26. The average Bonchev–Trinajstić information content (AvgIpc) is 2.87. The van der Waals surface area contributed by atoms with E-state index in [1.54, 1.807) is 18.2 Å². The van der Waals surface area contributed by atoms with Crippen LogP contribution in [0.5, 0.6) is 5.75 Å². The van der Waals surface area contributed by atoms with Crippen LogP contribution in [0.4, 0.5) is 0 Å². The molecule has 1 aliphatic heterocycles. The van der Waals surface area contributed by atoms with Crippen molar-refractivity contribution in [2.24, 2.45) is 0 Å². The zero-order valence-corrected chi connectivity index (χ0v) is 11.4. The third kappa shape index (κ3) is 3.33. The smallest absolute Gasteiger partial charge is 0.332 e. The van der Waals surface area contributed by atoms with Gasteiger partial charge in [-0.25, -0.2) is 4.79 Å². The molecule has 1 saturated heterocycles. The number of carboxylic acid groups (broad SMARTS) is 1. The summed E-state index contributed by atoms with van der Waals surface area (Å²) in [6.07, 6.45) is 0.0626. The molecule has 1 fully saturated rings. The molecule has 104 valence electrons. The van der Waals surface area contributed by atoms with Crippen LogP contribution >= 0.6 is 0 Å². The van der Waals surface area contributed by atoms with E-state index >= 15 is 0 Å². The van der Waals surface area contributed by atoms with Crippen LogP contribution in [0.15, 0.2) is 29.2 Å². The first-order valence-electron chi connectivity index (χ1n) is 6.01. The van der Waals surface area contributed by atoms with Crippen molar-refractivity contribution in [3.05, 3.63) is 24.3 Å². The number of para-hydroxylation sites is 1. The fraction of sp³-hybridized carbons (Fsp3) is 0.462. The fourth-order valence-corrected chi connectivity index (χ4v) is 3.44. The van der Waals surface area contributed by atoms with Crippen LogP contribution in [0.2, 0.25) is 0 Å². The molecular weight excluding hydrogens is 268 g/mol. The Kier molecular flexibility index (Phi) is 4.55. The van der Waals surface area contributed by atoms with E-state index in [9.17, 15) is 9.00 Å². The summed E-state index contributed by atoms with van der Waals surface area (Å²) in [6, 6.07) is 7.11. The summed E-state index contributed by atoms with van der Waals surface area (Å²) in [7, 11) is 0.275. The summed E-state index contributed by atoms with van der Waals surface area (Å²) in [5.41, 5.74) is 0. The second kappa shape index (κ2) is 6.16. The molecule has 3 unspecified atom stereocenters. The normalized spacial score (nSPS) is 24.1. The first-order chi connectivity index (χ1) is 9.11. The molecule has 0 aliphatic carbocycles. The summed E-state index contributed by atoms with van der Waals surface area (Å²) in [4.78, 5) is 11.4. The lowest BCUT2D eigenvalue weighted by molar-refractivity contribution is -0.148. The summed E-state index contributed by atoms with van der Waals surface area (Å²) >= 11 is 0. The van der Waals surface area contributed by atoms with Gasteiger partial charge in [0.1, 0.15) is 5.75 Å². The number of carboxylic acids is 1. The Balaban J connectivity index is 2.00. The topological polar surface area (TPSA) is 72.8 Å². The zero-order chi connectivity index (χ0) is 13.8. The molecule has 1 aliphatic rings. The van der Waals surface area contributed by atoms with Crippen LogP contribution in [0.1, 0.15) is 12.8 Å². The lowest BCUT2D eigenvalue weighted by Gasteiger charge is -2.12. The average molecular weight is 284 g/mol. The molecule has 0 bridgehead atoms. The van der Waals surface area contributed by atoms with Gasteiger partial charge in [0.2, 0.25) is 0 Å². The lowest BCUT2D eigenvalue weighted by atomic mass is 10.2. The van der Waals surface area contributed by atoms with Crippen molar-refractivity contribution in [2.75, 3.05) is 12.9 Å². The van der Waals surface area contributed by atoms with Crippen LogP contribution in [-0.4, -0.2) is 40.4 Å². The number of hydrogen-bond acceptors (Lipinski definition) is 4. The SMILES string of the molecule is COc1ccccc1S(=O)CC1CCC(C(=O)O)O1. The number of carbonyl (C=O) groups is 1. The summed E-state index contributed by atoms with van der Waals surface area (Å²) in [5, 5.41) is 8.84. The number of benzene rings is 1. The second-order valence-corrected chi connectivity index (χ2v) is 5.79. The number of ether oxygens (including phenoxy) is 2. The number of hydrogen-bond donors (Lipinski definition) is 1. The van der Waals surface area contributed by atoms with Crippen molar-refractivity contribution in [1.29, 1.82) is 0 Å². The van der Waals surface area contributed by atoms with E-state index < -0.39 is 22.9 Å². The highest BCUT2D eigenvalue weighted by atomic mass is 32.2. The number of aliphatic carboxylic acids is 1. The Morgan fingerprint density at radius 2 is 2.21 bits per heavy atom. The van der Waals surface area contributed by atoms with Crippen LogP contribution in [-0.2, 0) is 20.3 Å². The minimum Gasteiger partial charge on any atom is -0.495 e. The number of rotatable bonds is 5. The quantitative estimate of drug-likeness (QED) is 0.885. The van der Waals surface area contributed by atoms with Crippen LogP contribution < -0.4 is 4.74 Å². The molecule has 1 aromatic rings. The number of methoxy groups -OCH3 is 1. The molecule has 3 atom stereocenters. The van der Waals surface area contributed by atoms with Gasteiger partial charge in [0, 0.05) is 0 Å². The Morgan fingerprint density at radius 1 is 1.47 bits per heavy atom. The molecular formula is C13H16O5S. The largest absolute Gasteiger partial charge is 0.495 e. The molecule has 0 saturated carbocycles. The van der Waals surface area contributed by atoms with Crippen molar-refractivity contribution in [3.8, 4) is 5.75 Å². The van der Waals surface area contributed by atoms with Gasteiger partial charge in [0.05, 0.1) is 34.7 Å². The standard InChI is InChI=1S/C13H16O5S/c1-17-10-4-2-3-5-12(10)19(16)8-9-6-7-11(18-9)13(14)15/h2-5,9,11H,6-8H2,1H3,(H,14,15). The minimum atomic E-state index is -1.26. The maximum absolute atomic E-state index is 12.3. The summed E-state index contributed by atoms with van der Waals surface area (Å²) in [5.74, 6) is -0.0800. The monoisotopic (exact) mass is 284 g/mol. The Labute approximate surface area is 114 Å². The third-order valence-corrected chi connectivity index (χ3v) is 4.54. The predicted molar refractivity (Wildman–Crippen MR) is 69.8 cm³/mol. The molecule has 1 N–H and O–H groups in total.